The maximum absolute atomic E-state index is 13.6. The molecule has 33 heavy (non-hydrogen) atoms. The lowest BCUT2D eigenvalue weighted by Crippen LogP contribution is -2.27. The molecule has 1 aliphatic heterocycles. The van der Waals surface area contributed by atoms with Gasteiger partial charge in [0.05, 0.1) is 0 Å². The number of aromatic hydroxyl groups is 2. The number of hydrogen-bond donors (Lipinski definition) is 2. The molecule has 0 radical (unpaired) electrons. The second-order valence-corrected chi connectivity index (χ2v) is 8.34. The molecule has 0 atom stereocenters. The van der Waals surface area contributed by atoms with Crippen LogP contribution >= 0.6 is 0 Å². The second-order valence-electron chi connectivity index (χ2n) is 8.34. The van der Waals surface area contributed by atoms with E-state index in [0.717, 1.165) is 16.7 Å². The van der Waals surface area contributed by atoms with Gasteiger partial charge in [0.2, 0.25) is 0 Å². The Kier molecular flexibility index (Phi) is 5.96. The van der Waals surface area contributed by atoms with Gasteiger partial charge in [-0.05, 0) is 41.3 Å². The summed E-state index contributed by atoms with van der Waals surface area (Å²) in [7, 11) is 3.37. The third kappa shape index (κ3) is 4.22. The molecule has 3 aromatic rings. The summed E-state index contributed by atoms with van der Waals surface area (Å²) < 4.78 is 5.96. The first-order chi connectivity index (χ1) is 15.8. The average Bonchev–Trinajstić information content (AvgIpc) is 3.24. The highest BCUT2D eigenvalue weighted by molar-refractivity contribution is 6.02. The largest absolute Gasteiger partial charge is 0.504 e. The lowest BCUT2D eigenvalue weighted by molar-refractivity contribution is 0.0737. The molecular formula is C26H26N2O5. The minimum Gasteiger partial charge on any atom is -0.504 e. The Labute approximate surface area is 192 Å². The highest BCUT2D eigenvalue weighted by atomic mass is 16.5. The quantitative estimate of drug-likeness (QED) is 0.581. The van der Waals surface area contributed by atoms with Crippen LogP contribution in [0.1, 0.15) is 43.0 Å². The van der Waals surface area contributed by atoms with Crippen molar-refractivity contribution in [2.75, 3.05) is 14.1 Å². The first-order valence-electron chi connectivity index (χ1n) is 10.6. The Bertz CT molecular complexity index is 1220. The topological polar surface area (TPSA) is 90.3 Å². The molecule has 7 nitrogen and oxygen atoms in total. The van der Waals surface area contributed by atoms with Crippen LogP contribution in [0.5, 0.6) is 17.2 Å². The molecule has 0 saturated heterocycles. The molecule has 3 aromatic carbocycles. The molecule has 2 N–H and O–H groups in total. The number of fused-ring (bicyclic) bond motifs is 1. The molecule has 0 saturated carbocycles. The molecule has 7 heteroatoms. The van der Waals surface area contributed by atoms with Crippen molar-refractivity contribution >= 4 is 11.8 Å². The number of amides is 2. The molecule has 4 rings (SSSR count). The number of carbonyl (C=O) groups excluding carboxylic acids is 2. The van der Waals surface area contributed by atoms with Gasteiger partial charge in [0.25, 0.3) is 11.8 Å². The van der Waals surface area contributed by atoms with Gasteiger partial charge in [-0.1, -0.05) is 42.5 Å². The smallest absolute Gasteiger partial charge is 0.262 e. The summed E-state index contributed by atoms with van der Waals surface area (Å²) in [6.45, 7) is 2.42. The van der Waals surface area contributed by atoms with Gasteiger partial charge in [-0.15, -0.1) is 0 Å². The molecule has 170 valence electrons. The van der Waals surface area contributed by atoms with E-state index in [9.17, 15) is 19.8 Å². The van der Waals surface area contributed by atoms with E-state index in [1.807, 2.05) is 36.4 Å². The molecule has 0 aromatic heterocycles. The van der Waals surface area contributed by atoms with Crippen LogP contribution in [-0.2, 0) is 19.7 Å². The van der Waals surface area contributed by atoms with Crippen LogP contribution < -0.4 is 4.74 Å². The van der Waals surface area contributed by atoms with Crippen LogP contribution in [0.15, 0.2) is 54.6 Å². The first kappa shape index (κ1) is 22.2. The maximum atomic E-state index is 13.6. The summed E-state index contributed by atoms with van der Waals surface area (Å²) in [5.74, 6) is -1.30. The van der Waals surface area contributed by atoms with Crippen LogP contribution in [0, 0.1) is 6.92 Å². The Hall–Kier alpha value is -4.00. The van der Waals surface area contributed by atoms with Crippen LogP contribution in [0.3, 0.4) is 0 Å². The summed E-state index contributed by atoms with van der Waals surface area (Å²) >= 11 is 0. The molecule has 0 spiro atoms. The predicted molar refractivity (Wildman–Crippen MR) is 123 cm³/mol. The number of phenolic OH excluding ortho intramolecular Hbond substituents is 2. The second kappa shape index (κ2) is 8.86. The predicted octanol–water partition coefficient (Wildman–Crippen LogP) is 3.84. The van der Waals surface area contributed by atoms with Crippen molar-refractivity contribution < 1.29 is 24.5 Å². The van der Waals surface area contributed by atoms with Crippen molar-refractivity contribution in [2.45, 2.75) is 26.6 Å². The van der Waals surface area contributed by atoms with Crippen LogP contribution in [0.4, 0.5) is 0 Å². The van der Waals surface area contributed by atoms with Crippen molar-refractivity contribution in [1.82, 2.24) is 9.80 Å². The van der Waals surface area contributed by atoms with Crippen LogP contribution in [-0.4, -0.2) is 45.9 Å². The molecule has 1 aliphatic rings. The Morgan fingerprint density at radius 1 is 1.03 bits per heavy atom. The molecule has 2 amide bonds. The van der Waals surface area contributed by atoms with Crippen LogP contribution in [0.25, 0.3) is 0 Å². The van der Waals surface area contributed by atoms with Gasteiger partial charge in [0.15, 0.2) is 11.5 Å². The third-order valence-electron chi connectivity index (χ3n) is 5.76. The number of phenols is 2. The zero-order valence-corrected chi connectivity index (χ0v) is 18.8. The number of hydrogen-bond acceptors (Lipinski definition) is 5. The monoisotopic (exact) mass is 446 g/mol. The number of benzene rings is 3. The fourth-order valence-electron chi connectivity index (χ4n) is 4.05. The average molecular weight is 447 g/mol. The lowest BCUT2D eigenvalue weighted by atomic mass is 10.0. The van der Waals surface area contributed by atoms with Gasteiger partial charge in [0, 0.05) is 32.7 Å². The molecule has 0 bridgehead atoms. The number of rotatable bonds is 5. The Morgan fingerprint density at radius 2 is 1.76 bits per heavy atom. The summed E-state index contributed by atoms with van der Waals surface area (Å²) in [6, 6.07) is 16.3. The molecule has 0 unspecified atom stereocenters. The van der Waals surface area contributed by atoms with Crippen molar-refractivity contribution in [3.63, 3.8) is 0 Å². The van der Waals surface area contributed by atoms with Gasteiger partial charge in [-0.2, -0.15) is 0 Å². The summed E-state index contributed by atoms with van der Waals surface area (Å²) in [6.07, 6.45) is 0. The highest BCUT2D eigenvalue weighted by Crippen LogP contribution is 2.41. The Balaban J connectivity index is 1.67. The van der Waals surface area contributed by atoms with E-state index in [1.54, 1.807) is 38.1 Å². The summed E-state index contributed by atoms with van der Waals surface area (Å²) in [4.78, 5) is 29.2. The summed E-state index contributed by atoms with van der Waals surface area (Å²) in [5.41, 5.74) is 3.56. The Morgan fingerprint density at radius 3 is 2.45 bits per heavy atom. The number of ether oxygens (including phenoxy) is 1. The first-order valence-corrected chi connectivity index (χ1v) is 10.6. The van der Waals surface area contributed by atoms with E-state index in [1.165, 1.54) is 11.0 Å². The van der Waals surface area contributed by atoms with Crippen molar-refractivity contribution in [3.05, 3.63) is 88.0 Å². The van der Waals surface area contributed by atoms with Crippen molar-refractivity contribution in [3.8, 4) is 17.2 Å². The summed E-state index contributed by atoms with van der Waals surface area (Å²) in [5, 5.41) is 20.8. The molecular weight excluding hydrogens is 420 g/mol. The van der Waals surface area contributed by atoms with E-state index in [-0.39, 0.29) is 42.7 Å². The standard InChI is InChI=1S/C26H26N2O5/c1-16-12-21(29)23(30)22(24(16)33-15-17-8-5-4-6-9-17)26(32)28-13-18-10-7-11-19(20(18)14-28)25(31)27(2)3/h4-12,29-30H,13-15H2,1-3H3. The minimum atomic E-state index is -0.519. The van der Waals surface area contributed by atoms with Gasteiger partial charge in [-0.3, -0.25) is 9.59 Å². The highest BCUT2D eigenvalue weighted by Gasteiger charge is 2.32. The van der Waals surface area contributed by atoms with Gasteiger partial charge in [-0.25, -0.2) is 0 Å². The van der Waals surface area contributed by atoms with Crippen molar-refractivity contribution in [1.29, 1.82) is 0 Å². The van der Waals surface area contributed by atoms with E-state index in [2.05, 4.69) is 0 Å². The number of carbonyl (C=O) groups is 2. The number of aryl methyl sites for hydroxylation is 1. The zero-order valence-electron chi connectivity index (χ0n) is 18.8. The fourth-order valence-corrected chi connectivity index (χ4v) is 4.05. The normalized spacial score (nSPS) is 12.4. The van der Waals surface area contributed by atoms with E-state index in [0.29, 0.717) is 11.1 Å². The van der Waals surface area contributed by atoms with E-state index >= 15 is 0 Å². The molecule has 1 heterocycles. The number of nitrogens with zero attached hydrogens (tertiary/aromatic N) is 2. The van der Waals surface area contributed by atoms with E-state index in [4.69, 9.17) is 4.74 Å². The fraction of sp³-hybridized carbons (Fsp3) is 0.231. The van der Waals surface area contributed by atoms with E-state index < -0.39 is 11.7 Å². The van der Waals surface area contributed by atoms with Gasteiger partial charge >= 0.3 is 0 Å². The molecule has 0 aliphatic carbocycles. The molecule has 0 fully saturated rings. The third-order valence-corrected chi connectivity index (χ3v) is 5.76. The van der Waals surface area contributed by atoms with Gasteiger partial charge < -0.3 is 24.7 Å². The maximum Gasteiger partial charge on any atom is 0.262 e. The van der Waals surface area contributed by atoms with Crippen LogP contribution in [0.2, 0.25) is 0 Å². The van der Waals surface area contributed by atoms with Gasteiger partial charge in [0.1, 0.15) is 17.9 Å². The lowest BCUT2D eigenvalue weighted by Gasteiger charge is -2.21. The SMILES string of the molecule is Cc1cc(O)c(O)c(C(=O)N2Cc3cccc(C(=O)N(C)C)c3C2)c1OCc1ccccc1. The zero-order chi connectivity index (χ0) is 23.7. The van der Waals surface area contributed by atoms with Crippen molar-refractivity contribution in [2.24, 2.45) is 0 Å². The minimum absolute atomic E-state index is 0.0864.